The van der Waals surface area contributed by atoms with E-state index in [2.05, 4.69) is 31.1 Å². The zero-order valence-corrected chi connectivity index (χ0v) is 11.1. The summed E-state index contributed by atoms with van der Waals surface area (Å²) in [6, 6.07) is 0.935. The normalized spacial score (nSPS) is 24.9. The van der Waals surface area contributed by atoms with E-state index in [9.17, 15) is 5.11 Å². The zero-order chi connectivity index (χ0) is 12.0. The summed E-state index contributed by atoms with van der Waals surface area (Å²) in [4.78, 5) is 2.44. The summed E-state index contributed by atoms with van der Waals surface area (Å²) in [7, 11) is 2.21. The van der Waals surface area contributed by atoms with Crippen LogP contribution in [0.25, 0.3) is 0 Å². The van der Waals surface area contributed by atoms with Crippen molar-refractivity contribution < 1.29 is 5.11 Å². The summed E-state index contributed by atoms with van der Waals surface area (Å²) in [6.07, 6.45) is 5.04. The summed E-state index contributed by atoms with van der Waals surface area (Å²) in [6.45, 7) is 6.91. The minimum atomic E-state index is 0.259. The third-order valence-corrected chi connectivity index (χ3v) is 3.54. The van der Waals surface area contributed by atoms with E-state index in [1.54, 1.807) is 0 Å². The first-order chi connectivity index (χ1) is 7.63. The first-order valence-corrected chi connectivity index (χ1v) is 6.68. The molecule has 96 valence electrons. The van der Waals surface area contributed by atoms with Crippen molar-refractivity contribution in [2.75, 3.05) is 26.7 Å². The van der Waals surface area contributed by atoms with Crippen LogP contribution in [0.4, 0.5) is 0 Å². The third-order valence-electron chi connectivity index (χ3n) is 3.54. The first kappa shape index (κ1) is 13.9. The molecule has 0 aromatic rings. The van der Waals surface area contributed by atoms with Crippen LogP contribution in [0, 0.1) is 5.92 Å². The van der Waals surface area contributed by atoms with Crippen LogP contribution in [-0.4, -0.2) is 48.8 Å². The second-order valence-corrected chi connectivity index (χ2v) is 5.55. The molecule has 16 heavy (non-hydrogen) atoms. The highest BCUT2D eigenvalue weighted by atomic mass is 16.3. The quantitative estimate of drug-likeness (QED) is 0.722. The molecule has 1 aliphatic heterocycles. The van der Waals surface area contributed by atoms with Crippen molar-refractivity contribution in [2.45, 2.75) is 51.6 Å². The molecule has 0 saturated carbocycles. The van der Waals surface area contributed by atoms with E-state index >= 15 is 0 Å². The van der Waals surface area contributed by atoms with Crippen molar-refractivity contribution in [3.63, 3.8) is 0 Å². The van der Waals surface area contributed by atoms with Gasteiger partial charge in [-0.25, -0.2) is 0 Å². The van der Waals surface area contributed by atoms with Crippen LogP contribution in [0.15, 0.2) is 0 Å². The molecule has 2 unspecified atom stereocenters. The summed E-state index contributed by atoms with van der Waals surface area (Å²) in [5, 5.41) is 12.8. The van der Waals surface area contributed by atoms with Crippen LogP contribution in [0.5, 0.6) is 0 Å². The van der Waals surface area contributed by atoms with Gasteiger partial charge < -0.3 is 15.3 Å². The fourth-order valence-electron chi connectivity index (χ4n) is 2.50. The predicted octanol–water partition coefficient (Wildman–Crippen LogP) is 1.47. The van der Waals surface area contributed by atoms with Gasteiger partial charge in [-0.15, -0.1) is 0 Å². The Labute approximate surface area is 100 Å². The average Bonchev–Trinajstić information content (AvgIpc) is 2.25. The lowest BCUT2D eigenvalue weighted by Gasteiger charge is -2.33. The van der Waals surface area contributed by atoms with Crippen molar-refractivity contribution >= 4 is 0 Å². The molecule has 1 fully saturated rings. The van der Waals surface area contributed by atoms with Crippen molar-refractivity contribution in [3.05, 3.63) is 0 Å². The Balaban J connectivity index is 2.25. The van der Waals surface area contributed by atoms with Gasteiger partial charge in [0, 0.05) is 18.6 Å². The lowest BCUT2D eigenvalue weighted by Crippen LogP contribution is -2.46. The van der Waals surface area contributed by atoms with E-state index in [4.69, 9.17) is 0 Å². The first-order valence-electron chi connectivity index (χ1n) is 6.68. The van der Waals surface area contributed by atoms with Gasteiger partial charge in [0.05, 0.1) is 6.61 Å². The number of rotatable bonds is 6. The van der Waals surface area contributed by atoms with Crippen molar-refractivity contribution in [1.29, 1.82) is 0 Å². The highest BCUT2D eigenvalue weighted by molar-refractivity contribution is 4.78. The molecule has 0 aromatic carbocycles. The molecule has 2 atom stereocenters. The van der Waals surface area contributed by atoms with Gasteiger partial charge in [-0.2, -0.15) is 0 Å². The van der Waals surface area contributed by atoms with E-state index in [-0.39, 0.29) is 12.6 Å². The second-order valence-electron chi connectivity index (χ2n) is 5.55. The number of piperidine rings is 1. The molecule has 3 nitrogen and oxygen atoms in total. The second kappa shape index (κ2) is 7.25. The molecule has 2 N–H and O–H groups in total. The fourth-order valence-corrected chi connectivity index (χ4v) is 2.50. The molecule has 1 rings (SSSR count). The van der Waals surface area contributed by atoms with Crippen LogP contribution >= 0.6 is 0 Å². The Bertz CT molecular complexity index is 185. The van der Waals surface area contributed by atoms with Crippen molar-refractivity contribution in [2.24, 2.45) is 5.92 Å². The van der Waals surface area contributed by atoms with Crippen molar-refractivity contribution in [1.82, 2.24) is 10.2 Å². The van der Waals surface area contributed by atoms with Gasteiger partial charge in [0.2, 0.25) is 0 Å². The SMILES string of the molecule is CC(C)CC(CO)NCC1CCCCN1C. The standard InChI is InChI=1S/C13H28N2O/c1-11(2)8-12(10-16)14-9-13-6-4-5-7-15(13)3/h11-14,16H,4-10H2,1-3H3. The van der Waals surface area contributed by atoms with Gasteiger partial charge in [-0.05, 0) is 38.8 Å². The number of nitrogens with zero attached hydrogens (tertiary/aromatic N) is 1. The van der Waals surface area contributed by atoms with Crippen LogP contribution < -0.4 is 5.32 Å². The number of aliphatic hydroxyl groups excluding tert-OH is 1. The van der Waals surface area contributed by atoms with E-state index < -0.39 is 0 Å². The highest BCUT2D eigenvalue weighted by Gasteiger charge is 2.19. The summed E-state index contributed by atoms with van der Waals surface area (Å²) in [5.74, 6) is 0.647. The molecular weight excluding hydrogens is 200 g/mol. The Morgan fingerprint density at radius 3 is 2.69 bits per heavy atom. The Morgan fingerprint density at radius 1 is 1.38 bits per heavy atom. The van der Waals surface area contributed by atoms with Gasteiger partial charge in [0.15, 0.2) is 0 Å². The van der Waals surface area contributed by atoms with E-state index in [0.717, 1.165) is 13.0 Å². The Morgan fingerprint density at radius 2 is 2.12 bits per heavy atom. The van der Waals surface area contributed by atoms with Crippen LogP contribution in [0.3, 0.4) is 0 Å². The minimum Gasteiger partial charge on any atom is -0.395 e. The maximum atomic E-state index is 9.29. The molecule has 1 aliphatic rings. The molecule has 0 spiro atoms. The largest absolute Gasteiger partial charge is 0.395 e. The number of likely N-dealkylation sites (N-methyl/N-ethyl adjacent to an activating group) is 1. The van der Waals surface area contributed by atoms with Gasteiger partial charge in [0.1, 0.15) is 0 Å². The number of aliphatic hydroxyl groups is 1. The van der Waals surface area contributed by atoms with E-state index in [1.165, 1.54) is 25.8 Å². The number of likely N-dealkylation sites (tertiary alicyclic amines) is 1. The predicted molar refractivity (Wildman–Crippen MR) is 68.6 cm³/mol. The average molecular weight is 228 g/mol. The summed E-state index contributed by atoms with van der Waals surface area (Å²) >= 11 is 0. The molecule has 0 aromatic heterocycles. The summed E-state index contributed by atoms with van der Waals surface area (Å²) in [5.41, 5.74) is 0. The van der Waals surface area contributed by atoms with E-state index in [0.29, 0.717) is 12.0 Å². The smallest absolute Gasteiger partial charge is 0.0584 e. The number of hydrogen-bond donors (Lipinski definition) is 2. The minimum absolute atomic E-state index is 0.259. The molecule has 3 heteroatoms. The molecule has 0 bridgehead atoms. The number of hydrogen-bond acceptors (Lipinski definition) is 3. The summed E-state index contributed by atoms with van der Waals surface area (Å²) < 4.78 is 0. The molecule has 0 aliphatic carbocycles. The lowest BCUT2D eigenvalue weighted by atomic mass is 10.0. The van der Waals surface area contributed by atoms with Crippen LogP contribution in [-0.2, 0) is 0 Å². The van der Waals surface area contributed by atoms with Gasteiger partial charge in [-0.1, -0.05) is 20.3 Å². The molecular formula is C13H28N2O. The maximum absolute atomic E-state index is 9.29. The van der Waals surface area contributed by atoms with Crippen molar-refractivity contribution in [3.8, 4) is 0 Å². The Hall–Kier alpha value is -0.120. The molecule has 0 amide bonds. The Kier molecular flexibility index (Phi) is 6.32. The van der Waals surface area contributed by atoms with Gasteiger partial charge in [-0.3, -0.25) is 0 Å². The molecule has 1 heterocycles. The molecule has 0 radical (unpaired) electrons. The third kappa shape index (κ3) is 4.81. The highest BCUT2D eigenvalue weighted by Crippen LogP contribution is 2.14. The van der Waals surface area contributed by atoms with Crippen LogP contribution in [0.2, 0.25) is 0 Å². The van der Waals surface area contributed by atoms with E-state index in [1.807, 2.05) is 0 Å². The topological polar surface area (TPSA) is 35.5 Å². The lowest BCUT2D eigenvalue weighted by molar-refractivity contribution is 0.162. The van der Waals surface area contributed by atoms with Crippen LogP contribution in [0.1, 0.15) is 39.5 Å². The molecule has 1 saturated heterocycles. The van der Waals surface area contributed by atoms with Gasteiger partial charge in [0.25, 0.3) is 0 Å². The fraction of sp³-hybridized carbons (Fsp3) is 1.00. The zero-order valence-electron chi connectivity index (χ0n) is 11.1. The maximum Gasteiger partial charge on any atom is 0.0584 e. The van der Waals surface area contributed by atoms with Gasteiger partial charge >= 0.3 is 0 Å². The monoisotopic (exact) mass is 228 g/mol. The number of nitrogens with one attached hydrogen (secondary N) is 1.